The van der Waals surface area contributed by atoms with E-state index in [1.165, 1.54) is 16.7 Å². The normalized spacial score (nSPS) is 10.1. The van der Waals surface area contributed by atoms with E-state index in [9.17, 15) is 0 Å². The van der Waals surface area contributed by atoms with Gasteiger partial charge in [-0.15, -0.1) is 0 Å². The molecule has 0 aromatic heterocycles. The minimum absolute atomic E-state index is 0.680. The van der Waals surface area contributed by atoms with Crippen molar-refractivity contribution in [1.29, 1.82) is 0 Å². The summed E-state index contributed by atoms with van der Waals surface area (Å²) in [4.78, 5) is 0.948. The summed E-state index contributed by atoms with van der Waals surface area (Å²) in [6.07, 6.45) is 0.908. The van der Waals surface area contributed by atoms with Crippen LogP contribution in [0.1, 0.15) is 23.6 Å². The average molecular weight is 193 g/mol. The highest BCUT2D eigenvalue weighted by molar-refractivity contribution is 7.80. The van der Waals surface area contributed by atoms with Gasteiger partial charge in [0.25, 0.3) is 0 Å². The minimum atomic E-state index is 0.680. The molecular formula is C11H15NS. The summed E-state index contributed by atoms with van der Waals surface area (Å²) >= 11 is 5.17. The molecule has 2 N–H and O–H groups in total. The van der Waals surface area contributed by atoms with Crippen LogP contribution < -0.4 is 5.73 Å². The third kappa shape index (κ3) is 2.61. The molecule has 2 heteroatoms. The Hall–Kier alpha value is -0.730. The Balaban J connectivity index is 3.10. The van der Waals surface area contributed by atoms with Crippen LogP contribution in [0.15, 0.2) is 18.2 Å². The minimum Gasteiger partial charge on any atom is -0.330 e. The molecule has 0 spiro atoms. The van der Waals surface area contributed by atoms with Crippen LogP contribution in [0.2, 0.25) is 0 Å². The molecule has 0 heterocycles. The van der Waals surface area contributed by atoms with E-state index in [1.54, 1.807) is 0 Å². The molecule has 1 aromatic carbocycles. The fourth-order valence-electron chi connectivity index (χ4n) is 1.43. The van der Waals surface area contributed by atoms with Gasteiger partial charge < -0.3 is 5.73 Å². The monoisotopic (exact) mass is 193 g/mol. The molecule has 1 rings (SSSR count). The van der Waals surface area contributed by atoms with Crippen LogP contribution in [0.25, 0.3) is 0 Å². The van der Waals surface area contributed by atoms with Gasteiger partial charge in [0.05, 0.1) is 0 Å². The number of rotatable bonds is 3. The number of hydrogen-bond acceptors (Lipinski definition) is 2. The summed E-state index contributed by atoms with van der Waals surface area (Å²) < 4.78 is 0. The first-order valence-corrected chi connectivity index (χ1v) is 4.86. The van der Waals surface area contributed by atoms with Gasteiger partial charge in [-0.25, -0.2) is 0 Å². The first kappa shape index (κ1) is 10.4. The van der Waals surface area contributed by atoms with Gasteiger partial charge in [0.15, 0.2) is 0 Å². The van der Waals surface area contributed by atoms with Gasteiger partial charge >= 0.3 is 0 Å². The van der Waals surface area contributed by atoms with E-state index in [4.69, 9.17) is 18.0 Å². The van der Waals surface area contributed by atoms with E-state index in [1.807, 2.05) is 6.92 Å². The average Bonchev–Trinajstić information content (AvgIpc) is 2.04. The molecule has 1 aromatic rings. The van der Waals surface area contributed by atoms with E-state index >= 15 is 0 Å². The molecular weight excluding hydrogens is 178 g/mol. The Morgan fingerprint density at radius 3 is 2.69 bits per heavy atom. The Morgan fingerprint density at radius 1 is 1.46 bits per heavy atom. The van der Waals surface area contributed by atoms with Crippen LogP contribution in [0, 0.1) is 6.92 Å². The molecule has 0 bridgehead atoms. The van der Waals surface area contributed by atoms with Crippen molar-refractivity contribution in [2.75, 3.05) is 6.54 Å². The van der Waals surface area contributed by atoms with Crippen LogP contribution in [0.3, 0.4) is 0 Å². The molecule has 0 saturated heterocycles. The van der Waals surface area contributed by atoms with Gasteiger partial charge in [-0.05, 0) is 37.9 Å². The second-order valence-corrected chi connectivity index (χ2v) is 3.87. The molecule has 0 amide bonds. The largest absolute Gasteiger partial charge is 0.330 e. The fraction of sp³-hybridized carbons (Fsp3) is 0.364. The molecule has 1 nitrogen and oxygen atoms in total. The Kier molecular flexibility index (Phi) is 3.58. The zero-order valence-electron chi connectivity index (χ0n) is 8.13. The predicted molar refractivity (Wildman–Crippen MR) is 61.3 cm³/mol. The lowest BCUT2D eigenvalue weighted by molar-refractivity contribution is 0.964. The highest BCUT2D eigenvalue weighted by atomic mass is 32.1. The van der Waals surface area contributed by atoms with Gasteiger partial charge in [0.1, 0.15) is 0 Å². The van der Waals surface area contributed by atoms with Crippen molar-refractivity contribution >= 4 is 17.1 Å². The standard InChI is InChI=1S/C11H15NS/c1-8-3-4-11(9(2)13)10(7-8)5-6-12/h3-4,7H,5-6,12H2,1-2H3. The summed E-state index contributed by atoms with van der Waals surface area (Å²) in [5.74, 6) is 0. The topological polar surface area (TPSA) is 26.0 Å². The molecule has 13 heavy (non-hydrogen) atoms. The molecule has 0 radical (unpaired) electrons. The zero-order chi connectivity index (χ0) is 9.84. The Morgan fingerprint density at radius 2 is 2.15 bits per heavy atom. The maximum Gasteiger partial charge on any atom is 0.0196 e. The Labute approximate surface area is 85.0 Å². The summed E-state index contributed by atoms with van der Waals surface area (Å²) in [6, 6.07) is 6.34. The van der Waals surface area contributed by atoms with Gasteiger partial charge in [-0.1, -0.05) is 36.0 Å². The molecule has 0 aliphatic carbocycles. The number of benzene rings is 1. The maximum absolute atomic E-state index is 5.54. The maximum atomic E-state index is 5.54. The lowest BCUT2D eigenvalue weighted by Crippen LogP contribution is -2.07. The molecule has 0 aliphatic heterocycles. The smallest absolute Gasteiger partial charge is 0.0196 e. The summed E-state index contributed by atoms with van der Waals surface area (Å²) in [7, 11) is 0. The van der Waals surface area contributed by atoms with Crippen molar-refractivity contribution in [3.05, 3.63) is 34.9 Å². The SMILES string of the molecule is CC(=S)c1ccc(C)cc1CCN. The van der Waals surface area contributed by atoms with Crippen molar-refractivity contribution in [3.8, 4) is 0 Å². The predicted octanol–water partition coefficient (Wildman–Crippen LogP) is 2.23. The number of thiocarbonyl (C=S) groups is 1. The van der Waals surface area contributed by atoms with E-state index in [0.29, 0.717) is 6.54 Å². The van der Waals surface area contributed by atoms with Crippen molar-refractivity contribution < 1.29 is 0 Å². The van der Waals surface area contributed by atoms with Gasteiger partial charge in [0, 0.05) is 4.86 Å². The van der Waals surface area contributed by atoms with E-state index < -0.39 is 0 Å². The molecule has 0 unspecified atom stereocenters. The highest BCUT2D eigenvalue weighted by Gasteiger charge is 2.03. The second kappa shape index (κ2) is 4.49. The summed E-state index contributed by atoms with van der Waals surface area (Å²) in [5, 5.41) is 0. The number of aryl methyl sites for hydroxylation is 1. The van der Waals surface area contributed by atoms with Crippen LogP contribution in [0.5, 0.6) is 0 Å². The van der Waals surface area contributed by atoms with Crippen LogP contribution in [0.4, 0.5) is 0 Å². The zero-order valence-corrected chi connectivity index (χ0v) is 8.95. The van der Waals surface area contributed by atoms with E-state index in [2.05, 4.69) is 25.1 Å². The van der Waals surface area contributed by atoms with Crippen molar-refractivity contribution in [2.24, 2.45) is 5.73 Å². The van der Waals surface area contributed by atoms with Crippen LogP contribution >= 0.6 is 12.2 Å². The summed E-state index contributed by atoms with van der Waals surface area (Å²) in [5.41, 5.74) is 9.25. The van der Waals surface area contributed by atoms with Crippen LogP contribution in [-0.4, -0.2) is 11.4 Å². The summed E-state index contributed by atoms with van der Waals surface area (Å²) in [6.45, 7) is 4.72. The fourth-order valence-corrected chi connectivity index (χ4v) is 1.63. The molecule has 0 saturated carbocycles. The third-order valence-electron chi connectivity index (χ3n) is 2.05. The van der Waals surface area contributed by atoms with Gasteiger partial charge in [0.2, 0.25) is 0 Å². The highest BCUT2D eigenvalue weighted by Crippen LogP contribution is 2.13. The molecule has 0 atom stereocenters. The van der Waals surface area contributed by atoms with E-state index in [-0.39, 0.29) is 0 Å². The molecule has 70 valence electrons. The van der Waals surface area contributed by atoms with Gasteiger partial charge in [-0.3, -0.25) is 0 Å². The Bertz CT molecular complexity index is 318. The third-order valence-corrected chi connectivity index (χ3v) is 2.27. The van der Waals surface area contributed by atoms with E-state index in [0.717, 1.165) is 11.3 Å². The molecule has 0 fully saturated rings. The van der Waals surface area contributed by atoms with Crippen molar-refractivity contribution in [1.82, 2.24) is 0 Å². The van der Waals surface area contributed by atoms with Crippen LogP contribution in [-0.2, 0) is 6.42 Å². The van der Waals surface area contributed by atoms with Crippen molar-refractivity contribution in [2.45, 2.75) is 20.3 Å². The van der Waals surface area contributed by atoms with Gasteiger partial charge in [-0.2, -0.15) is 0 Å². The first-order valence-electron chi connectivity index (χ1n) is 4.45. The lowest BCUT2D eigenvalue weighted by Gasteiger charge is -2.08. The van der Waals surface area contributed by atoms with Crippen molar-refractivity contribution in [3.63, 3.8) is 0 Å². The quantitative estimate of drug-likeness (QED) is 0.588. The molecule has 0 aliphatic rings. The number of nitrogens with two attached hydrogens (primary N) is 1. The number of hydrogen-bond donors (Lipinski definition) is 1. The second-order valence-electron chi connectivity index (χ2n) is 3.26. The first-order chi connectivity index (χ1) is 6.15. The lowest BCUT2D eigenvalue weighted by atomic mass is 10.00.